The first-order chi connectivity index (χ1) is 10.5. The highest BCUT2D eigenvalue weighted by molar-refractivity contribution is 6.83. The van der Waals surface area contributed by atoms with Crippen molar-refractivity contribution in [3.05, 3.63) is 58.3 Å². The standard InChI is InChI=1S/C21H32Si/c1-6-11-18-15-19(22(3,4)5)16-21(20(18)12-7-2)17-13-9-8-10-14-17/h8-10,13-15,21H,6-7,11-12,16H2,1-5H3. The lowest BCUT2D eigenvalue weighted by Gasteiger charge is -2.34. The molecule has 22 heavy (non-hydrogen) atoms. The molecule has 0 N–H and O–H groups in total. The van der Waals surface area contributed by atoms with E-state index in [1.807, 2.05) is 0 Å². The molecule has 0 spiro atoms. The molecule has 1 unspecified atom stereocenters. The SMILES string of the molecule is CCCC1=C(CCC)C(c2ccccc2)CC([Si](C)(C)C)=C1. The summed E-state index contributed by atoms with van der Waals surface area (Å²) in [6.45, 7) is 12.1. The molecule has 0 saturated heterocycles. The van der Waals surface area contributed by atoms with Crippen LogP contribution in [0.25, 0.3) is 0 Å². The first-order valence-corrected chi connectivity index (χ1v) is 12.4. The van der Waals surface area contributed by atoms with Gasteiger partial charge in [-0.15, -0.1) is 0 Å². The summed E-state index contributed by atoms with van der Waals surface area (Å²) in [6, 6.07) is 11.2. The molecule has 0 saturated carbocycles. The summed E-state index contributed by atoms with van der Waals surface area (Å²) in [7, 11) is -1.23. The summed E-state index contributed by atoms with van der Waals surface area (Å²) in [6.07, 6.45) is 8.85. The van der Waals surface area contributed by atoms with Crippen LogP contribution in [0.4, 0.5) is 0 Å². The molecule has 1 aromatic carbocycles. The first kappa shape index (κ1) is 17.3. The Hall–Kier alpha value is -1.08. The normalized spacial score (nSPS) is 19.3. The van der Waals surface area contributed by atoms with E-state index in [0.717, 1.165) is 0 Å². The molecule has 0 fully saturated rings. The Morgan fingerprint density at radius 1 is 0.955 bits per heavy atom. The van der Waals surface area contributed by atoms with Gasteiger partial charge in [-0.3, -0.25) is 0 Å². The van der Waals surface area contributed by atoms with Crippen molar-refractivity contribution in [2.24, 2.45) is 0 Å². The summed E-state index contributed by atoms with van der Waals surface area (Å²) >= 11 is 0. The third kappa shape index (κ3) is 4.01. The van der Waals surface area contributed by atoms with E-state index in [1.165, 1.54) is 37.7 Å². The Bertz CT molecular complexity index is 543. The Labute approximate surface area is 138 Å². The maximum atomic E-state index is 2.60. The van der Waals surface area contributed by atoms with E-state index in [0.29, 0.717) is 5.92 Å². The Morgan fingerprint density at radius 3 is 2.14 bits per heavy atom. The highest BCUT2D eigenvalue weighted by Gasteiger charge is 2.30. The van der Waals surface area contributed by atoms with Crippen LogP contribution in [0, 0.1) is 0 Å². The summed E-state index contributed by atoms with van der Waals surface area (Å²) in [4.78, 5) is 0. The quantitative estimate of drug-likeness (QED) is 0.502. The van der Waals surface area contributed by atoms with E-state index in [4.69, 9.17) is 0 Å². The van der Waals surface area contributed by atoms with Gasteiger partial charge in [0.2, 0.25) is 0 Å². The van der Waals surface area contributed by atoms with E-state index in [1.54, 1.807) is 16.3 Å². The molecule has 1 atom stereocenters. The maximum Gasteiger partial charge on any atom is 0.0724 e. The van der Waals surface area contributed by atoms with Gasteiger partial charge in [0.05, 0.1) is 8.07 Å². The fourth-order valence-corrected chi connectivity index (χ4v) is 4.99. The van der Waals surface area contributed by atoms with Gasteiger partial charge in [0.1, 0.15) is 0 Å². The van der Waals surface area contributed by atoms with Crippen LogP contribution >= 0.6 is 0 Å². The zero-order chi connectivity index (χ0) is 16.2. The highest BCUT2D eigenvalue weighted by atomic mass is 28.3. The Kier molecular flexibility index (Phi) is 5.85. The lowest BCUT2D eigenvalue weighted by atomic mass is 9.79. The van der Waals surface area contributed by atoms with Crippen LogP contribution in [0.3, 0.4) is 0 Å². The molecule has 0 nitrogen and oxygen atoms in total. The predicted molar refractivity (Wildman–Crippen MR) is 102 cm³/mol. The Balaban J connectivity index is 2.50. The van der Waals surface area contributed by atoms with Crippen LogP contribution in [-0.2, 0) is 0 Å². The fourth-order valence-electron chi connectivity index (χ4n) is 3.56. The monoisotopic (exact) mass is 312 g/mol. The molecule has 1 aliphatic rings. The number of hydrogen-bond acceptors (Lipinski definition) is 0. The van der Waals surface area contributed by atoms with Gasteiger partial charge < -0.3 is 0 Å². The minimum atomic E-state index is -1.23. The van der Waals surface area contributed by atoms with Crippen molar-refractivity contribution >= 4 is 8.07 Å². The van der Waals surface area contributed by atoms with Gasteiger partial charge in [-0.2, -0.15) is 0 Å². The highest BCUT2D eigenvalue weighted by Crippen LogP contribution is 2.43. The third-order valence-corrected chi connectivity index (χ3v) is 7.08. The molecule has 1 aliphatic carbocycles. The number of allylic oxidation sites excluding steroid dienone is 4. The summed E-state index contributed by atoms with van der Waals surface area (Å²) in [5.41, 5.74) is 4.89. The number of benzene rings is 1. The maximum absolute atomic E-state index is 2.60. The molecule has 1 aromatic rings. The van der Waals surface area contributed by atoms with Gasteiger partial charge in [0, 0.05) is 5.92 Å². The Morgan fingerprint density at radius 2 is 1.59 bits per heavy atom. The van der Waals surface area contributed by atoms with Crippen molar-refractivity contribution in [3.63, 3.8) is 0 Å². The van der Waals surface area contributed by atoms with Crippen molar-refractivity contribution in [1.29, 1.82) is 0 Å². The molecular weight excluding hydrogens is 280 g/mol. The van der Waals surface area contributed by atoms with Crippen LogP contribution in [0.5, 0.6) is 0 Å². The molecule has 0 amide bonds. The third-order valence-electron chi connectivity index (χ3n) is 4.81. The van der Waals surface area contributed by atoms with Crippen LogP contribution < -0.4 is 0 Å². The minimum Gasteiger partial charge on any atom is -0.0799 e. The van der Waals surface area contributed by atoms with E-state index >= 15 is 0 Å². The van der Waals surface area contributed by atoms with E-state index in [9.17, 15) is 0 Å². The second-order valence-electron chi connectivity index (χ2n) is 7.64. The van der Waals surface area contributed by atoms with E-state index in [-0.39, 0.29) is 0 Å². The smallest absolute Gasteiger partial charge is 0.0724 e. The zero-order valence-corrected chi connectivity index (χ0v) is 16.1. The molecule has 0 radical (unpaired) electrons. The van der Waals surface area contributed by atoms with Crippen molar-refractivity contribution in [2.45, 2.75) is 71.5 Å². The summed E-state index contributed by atoms with van der Waals surface area (Å²) in [5, 5.41) is 1.75. The van der Waals surface area contributed by atoms with Gasteiger partial charge in [0.25, 0.3) is 0 Å². The molecule has 1 heteroatoms. The average molecular weight is 313 g/mol. The van der Waals surface area contributed by atoms with E-state index < -0.39 is 8.07 Å². The molecule has 0 bridgehead atoms. The average Bonchev–Trinajstić information content (AvgIpc) is 2.49. The zero-order valence-electron chi connectivity index (χ0n) is 15.1. The van der Waals surface area contributed by atoms with Gasteiger partial charge in [-0.25, -0.2) is 0 Å². The van der Waals surface area contributed by atoms with Gasteiger partial charge in [-0.05, 0) is 30.4 Å². The number of rotatable bonds is 6. The van der Waals surface area contributed by atoms with Crippen molar-refractivity contribution < 1.29 is 0 Å². The lowest BCUT2D eigenvalue weighted by Crippen LogP contribution is -2.28. The number of hydrogen-bond donors (Lipinski definition) is 0. The largest absolute Gasteiger partial charge is 0.0799 e. The molecule has 0 heterocycles. The van der Waals surface area contributed by atoms with Crippen molar-refractivity contribution in [3.8, 4) is 0 Å². The fraction of sp³-hybridized carbons (Fsp3) is 0.524. The molecule has 2 rings (SSSR count). The summed E-state index contributed by atoms with van der Waals surface area (Å²) in [5.74, 6) is 0.620. The van der Waals surface area contributed by atoms with Crippen LogP contribution in [0.15, 0.2) is 52.8 Å². The molecule has 0 aliphatic heterocycles. The van der Waals surface area contributed by atoms with E-state index in [2.05, 4.69) is 69.9 Å². The molecular formula is C21H32Si. The predicted octanol–water partition coefficient (Wildman–Crippen LogP) is 6.87. The van der Waals surface area contributed by atoms with Crippen molar-refractivity contribution in [1.82, 2.24) is 0 Å². The molecule has 120 valence electrons. The first-order valence-electron chi connectivity index (χ1n) is 8.95. The topological polar surface area (TPSA) is 0 Å². The van der Waals surface area contributed by atoms with Gasteiger partial charge >= 0.3 is 0 Å². The summed E-state index contributed by atoms with van der Waals surface area (Å²) < 4.78 is 0. The lowest BCUT2D eigenvalue weighted by molar-refractivity contribution is 0.693. The molecule has 0 aromatic heterocycles. The van der Waals surface area contributed by atoms with Crippen molar-refractivity contribution in [2.75, 3.05) is 0 Å². The van der Waals surface area contributed by atoms with Gasteiger partial charge in [-0.1, -0.05) is 93.5 Å². The van der Waals surface area contributed by atoms with Crippen LogP contribution in [-0.4, -0.2) is 8.07 Å². The van der Waals surface area contributed by atoms with Crippen LogP contribution in [0.1, 0.15) is 57.4 Å². The van der Waals surface area contributed by atoms with Crippen LogP contribution in [0.2, 0.25) is 19.6 Å². The minimum absolute atomic E-state index is 0.620. The second kappa shape index (κ2) is 7.46. The van der Waals surface area contributed by atoms with Gasteiger partial charge in [0.15, 0.2) is 0 Å². The second-order valence-corrected chi connectivity index (χ2v) is 12.8.